The molecule has 0 radical (unpaired) electrons. The van der Waals surface area contributed by atoms with Crippen LogP contribution in [0.1, 0.15) is 35.8 Å². The fourth-order valence-corrected chi connectivity index (χ4v) is 1.82. The third kappa shape index (κ3) is 28.7. The van der Waals surface area contributed by atoms with Crippen LogP contribution >= 0.6 is 0 Å². The summed E-state index contributed by atoms with van der Waals surface area (Å²) in [5.41, 5.74) is 12.1. The molecular formula is C17H33N3O7S2. The van der Waals surface area contributed by atoms with Gasteiger partial charge in [-0.3, -0.25) is 13.9 Å². The molecule has 170 valence electrons. The van der Waals surface area contributed by atoms with Gasteiger partial charge in [0, 0.05) is 10.2 Å². The van der Waals surface area contributed by atoms with Crippen molar-refractivity contribution in [3.05, 3.63) is 35.9 Å². The van der Waals surface area contributed by atoms with Gasteiger partial charge in [-0.25, -0.2) is 0 Å². The van der Waals surface area contributed by atoms with E-state index in [9.17, 15) is 21.6 Å². The molecule has 0 heterocycles. The average molecular weight is 459 g/mol. The molecule has 0 saturated heterocycles. The van der Waals surface area contributed by atoms with Gasteiger partial charge in [0.15, 0.2) is 0 Å². The number of nitrogens with two attached hydrogens (primary N) is 2. The van der Waals surface area contributed by atoms with Crippen LogP contribution in [0, 0.1) is 0 Å². The molecule has 0 unspecified atom stereocenters. The Bertz CT molecular complexity index is 819. The second-order valence-electron chi connectivity index (χ2n) is 6.11. The molecule has 1 aromatic carbocycles. The Labute approximate surface area is 177 Å². The number of unbranched alkanes of at least 4 members (excludes halogenated alkanes) is 1. The molecule has 0 aliphatic carbocycles. The maximum Gasteiger partial charge on any atom is 0.261 e. The molecule has 0 fully saturated rings. The fraction of sp³-hybridized carbons (Fsp3) is 0.588. The van der Waals surface area contributed by atoms with E-state index in [1.165, 1.54) is 0 Å². The van der Waals surface area contributed by atoms with Crippen molar-refractivity contribution in [2.24, 2.45) is 11.5 Å². The van der Waals surface area contributed by atoms with Crippen LogP contribution < -0.4 is 16.8 Å². The molecule has 0 aliphatic heterocycles. The summed E-state index contributed by atoms with van der Waals surface area (Å²) in [5.74, 6) is -0.422. The van der Waals surface area contributed by atoms with Gasteiger partial charge >= 0.3 is 0 Å². The first-order valence-electron chi connectivity index (χ1n) is 9.99. The molecular weight excluding hydrogens is 422 g/mol. The van der Waals surface area contributed by atoms with Gasteiger partial charge in [-0.2, -0.15) is 16.8 Å². The maximum atomic E-state index is 12.1. The van der Waals surface area contributed by atoms with E-state index in [4.69, 9.17) is 24.7 Å². The third-order valence-corrected chi connectivity index (χ3v) is 2.91. The standard InChI is InChI=1S/C15H25N3O.2CH4O3S/c1-12(11-13-7-3-2-4-8-13)18-15(19)14(17)9-5-6-10-16;2*1-5(2,3)4/h2-4,7-8,12,14H,5-6,9-11,16-17H2,1H3,(H,18,19);2*1H3,(H,2,3,4)/t12-,14-;;/m0../s1/i1D3;;. The van der Waals surface area contributed by atoms with Crippen LogP contribution in [0.5, 0.6) is 0 Å². The normalized spacial score (nSPS) is 15.0. The van der Waals surface area contributed by atoms with E-state index in [1.54, 1.807) is 0 Å². The molecule has 0 aliphatic rings. The van der Waals surface area contributed by atoms with E-state index in [1.807, 2.05) is 30.3 Å². The van der Waals surface area contributed by atoms with E-state index < -0.39 is 45.1 Å². The molecule has 12 heteroatoms. The smallest absolute Gasteiger partial charge is 0.261 e. The van der Waals surface area contributed by atoms with Crippen LogP contribution in [-0.4, -0.2) is 63.0 Å². The quantitative estimate of drug-likeness (QED) is 0.267. The van der Waals surface area contributed by atoms with Gasteiger partial charge in [-0.05, 0) is 38.2 Å². The lowest BCUT2D eigenvalue weighted by atomic mass is 10.1. The molecule has 7 N–H and O–H groups in total. The summed E-state index contributed by atoms with van der Waals surface area (Å²) in [7, 11) is -7.33. The summed E-state index contributed by atoms with van der Waals surface area (Å²) in [4.78, 5) is 12.1. The minimum atomic E-state index is -3.67. The first kappa shape index (κ1) is 23.7. The Morgan fingerprint density at radius 2 is 1.59 bits per heavy atom. The van der Waals surface area contributed by atoms with Crippen LogP contribution in [-0.2, 0) is 31.5 Å². The highest BCUT2D eigenvalue weighted by molar-refractivity contribution is 7.85. The largest absolute Gasteiger partial charge is 0.352 e. The summed E-state index contributed by atoms with van der Waals surface area (Å²) in [6.07, 6.45) is 3.73. The Balaban J connectivity index is 0. The molecule has 0 spiro atoms. The van der Waals surface area contributed by atoms with E-state index >= 15 is 0 Å². The molecule has 29 heavy (non-hydrogen) atoms. The maximum absolute atomic E-state index is 12.1. The number of carbonyl (C=O) groups excluding carboxylic acids is 1. The predicted molar refractivity (Wildman–Crippen MR) is 114 cm³/mol. The lowest BCUT2D eigenvalue weighted by molar-refractivity contribution is -0.123. The lowest BCUT2D eigenvalue weighted by Gasteiger charge is -2.17. The van der Waals surface area contributed by atoms with E-state index in [0.29, 0.717) is 25.5 Å². The highest BCUT2D eigenvalue weighted by Gasteiger charge is 2.15. The Morgan fingerprint density at radius 1 is 1.10 bits per heavy atom. The Kier molecular flexibility index (Phi) is 12.5. The molecule has 1 aromatic rings. The van der Waals surface area contributed by atoms with Crippen molar-refractivity contribution in [2.45, 2.75) is 44.6 Å². The highest BCUT2D eigenvalue weighted by Crippen LogP contribution is 2.04. The summed E-state index contributed by atoms with van der Waals surface area (Å²) in [6.45, 7) is -1.72. The first-order chi connectivity index (χ1) is 14.3. The molecule has 0 saturated carbocycles. The van der Waals surface area contributed by atoms with Crippen LogP contribution in [0.3, 0.4) is 0 Å². The first-order valence-corrected chi connectivity index (χ1v) is 12.2. The zero-order valence-electron chi connectivity index (χ0n) is 19.5. The second-order valence-corrected chi connectivity index (χ2v) is 9.04. The van der Waals surface area contributed by atoms with Crippen LogP contribution in [0.4, 0.5) is 0 Å². The van der Waals surface area contributed by atoms with Crippen molar-refractivity contribution in [1.29, 1.82) is 0 Å². The van der Waals surface area contributed by atoms with E-state index in [0.717, 1.165) is 18.4 Å². The van der Waals surface area contributed by atoms with Crippen molar-refractivity contribution >= 4 is 26.1 Å². The number of nitrogens with one attached hydrogen (secondary N) is 1. The number of benzene rings is 1. The van der Waals surface area contributed by atoms with Crippen molar-refractivity contribution in [1.82, 2.24) is 5.32 Å². The van der Waals surface area contributed by atoms with Gasteiger partial charge in [-0.15, -0.1) is 0 Å². The van der Waals surface area contributed by atoms with Crippen LogP contribution in [0.15, 0.2) is 30.3 Å². The summed E-state index contributed by atoms with van der Waals surface area (Å²) in [5, 5.41) is 2.57. The number of amides is 1. The molecule has 2 atom stereocenters. The monoisotopic (exact) mass is 458 g/mol. The number of rotatable bonds is 8. The highest BCUT2D eigenvalue weighted by atomic mass is 32.2. The van der Waals surface area contributed by atoms with Crippen LogP contribution in [0.25, 0.3) is 0 Å². The van der Waals surface area contributed by atoms with Gasteiger partial charge < -0.3 is 16.8 Å². The molecule has 10 nitrogen and oxygen atoms in total. The second kappa shape index (κ2) is 15.3. The zero-order valence-corrected chi connectivity index (χ0v) is 18.1. The van der Waals surface area contributed by atoms with Crippen molar-refractivity contribution in [3.8, 4) is 0 Å². The van der Waals surface area contributed by atoms with E-state index in [2.05, 4.69) is 5.32 Å². The predicted octanol–water partition coefficient (Wildman–Crippen LogP) is 0.198. The van der Waals surface area contributed by atoms with Crippen molar-refractivity contribution in [2.75, 3.05) is 19.1 Å². The lowest BCUT2D eigenvalue weighted by Crippen LogP contribution is -2.45. The molecule has 0 aromatic heterocycles. The molecule has 1 amide bonds. The van der Waals surface area contributed by atoms with E-state index in [-0.39, 0.29) is 6.42 Å². The number of hydrogen-bond acceptors (Lipinski definition) is 7. The topological polar surface area (TPSA) is 190 Å². The summed E-state index contributed by atoms with van der Waals surface area (Å²) in [6, 6.07) is 7.58. The minimum Gasteiger partial charge on any atom is -0.352 e. The van der Waals surface area contributed by atoms with Crippen molar-refractivity contribution < 1.29 is 34.8 Å². The SMILES string of the molecule is CS(=O)(=O)O.CS(=O)(=O)O.[2H]C([2H])([2H])[C@@H](Cc1ccccc1)NC(=O)[C@@H](N)CCCCN. The van der Waals surface area contributed by atoms with Gasteiger partial charge in [0.25, 0.3) is 20.2 Å². The van der Waals surface area contributed by atoms with Crippen molar-refractivity contribution in [3.63, 3.8) is 0 Å². The summed E-state index contributed by atoms with van der Waals surface area (Å²) >= 11 is 0. The third-order valence-electron chi connectivity index (χ3n) is 2.91. The number of carbonyl (C=O) groups is 1. The summed E-state index contributed by atoms with van der Waals surface area (Å²) < 4.78 is 74.5. The van der Waals surface area contributed by atoms with Crippen LogP contribution in [0.2, 0.25) is 0 Å². The van der Waals surface area contributed by atoms with Gasteiger partial charge in [0.05, 0.1) is 18.6 Å². The van der Waals surface area contributed by atoms with Gasteiger partial charge in [-0.1, -0.05) is 36.8 Å². The Hall–Kier alpha value is -1.57. The van der Waals surface area contributed by atoms with Gasteiger partial charge in [0.1, 0.15) is 0 Å². The molecule has 1 rings (SSSR count). The minimum absolute atomic E-state index is 0.249. The molecule has 0 bridgehead atoms. The zero-order chi connectivity index (χ0) is 25.6. The van der Waals surface area contributed by atoms with Gasteiger partial charge in [0.2, 0.25) is 5.91 Å². The Morgan fingerprint density at radius 3 is 2.00 bits per heavy atom. The fourth-order valence-electron chi connectivity index (χ4n) is 1.82. The number of hydrogen-bond donors (Lipinski definition) is 5. The average Bonchev–Trinajstić information content (AvgIpc) is 2.58.